The number of nitrogens with zero attached hydrogens (tertiary/aromatic N) is 5. The smallest absolute Gasteiger partial charge is 0.337 e. The predicted octanol–water partition coefficient (Wildman–Crippen LogP) is 6.13. The Bertz CT molecular complexity index is 1870. The molecule has 4 aromatic carbocycles. The second-order valence-corrected chi connectivity index (χ2v) is 9.21. The van der Waals surface area contributed by atoms with Gasteiger partial charge in [-0.1, -0.05) is 35.0 Å². The molecule has 11 heteroatoms. The number of tetrazole rings is 1. The average molecular weight is 551 g/mol. The maximum Gasteiger partial charge on any atom is 0.337 e. The van der Waals surface area contributed by atoms with Gasteiger partial charge in [0.1, 0.15) is 6.33 Å². The molecule has 6 rings (SSSR count). The van der Waals surface area contributed by atoms with Crippen molar-refractivity contribution < 1.29 is 18.8 Å². The molecule has 1 N–H and O–H groups in total. The van der Waals surface area contributed by atoms with E-state index >= 15 is 0 Å². The maximum absolute atomic E-state index is 11.8. The molecule has 2 aromatic heterocycles. The summed E-state index contributed by atoms with van der Waals surface area (Å²) in [6.07, 6.45) is 2.30. The van der Waals surface area contributed by atoms with Crippen molar-refractivity contribution in [3.8, 4) is 27.9 Å². The monoisotopic (exact) mass is 550 g/mol. The molecule has 0 aliphatic heterocycles. The summed E-state index contributed by atoms with van der Waals surface area (Å²) in [5.74, 6) is 0.0832. The van der Waals surface area contributed by atoms with Crippen LogP contribution in [0.5, 0.6) is 0 Å². The van der Waals surface area contributed by atoms with E-state index in [2.05, 4.69) is 26.0 Å². The van der Waals surface area contributed by atoms with Crippen LogP contribution in [0.15, 0.2) is 89.7 Å². The van der Waals surface area contributed by atoms with Crippen LogP contribution in [0.25, 0.3) is 38.9 Å². The molecule has 0 saturated heterocycles. The van der Waals surface area contributed by atoms with Crippen molar-refractivity contribution in [3.63, 3.8) is 0 Å². The third-order valence-corrected chi connectivity index (χ3v) is 6.63. The number of esters is 1. The fourth-order valence-electron chi connectivity index (χ4n) is 4.43. The highest BCUT2D eigenvalue weighted by Gasteiger charge is 2.15. The number of rotatable bonds is 7. The number of aromatic nitrogens is 5. The first-order valence-electron chi connectivity index (χ1n) is 12.0. The lowest BCUT2D eigenvalue weighted by molar-refractivity contribution is 0.0600. The molecule has 0 aliphatic carbocycles. The Morgan fingerprint density at radius 1 is 0.975 bits per heavy atom. The van der Waals surface area contributed by atoms with E-state index in [1.54, 1.807) is 47.1 Å². The van der Waals surface area contributed by atoms with Gasteiger partial charge in [-0.2, -0.15) is 4.68 Å². The highest BCUT2D eigenvalue weighted by molar-refractivity contribution is 6.31. The first-order valence-corrected chi connectivity index (χ1v) is 12.4. The molecule has 0 atom stereocenters. The van der Waals surface area contributed by atoms with Crippen LogP contribution >= 0.6 is 11.6 Å². The van der Waals surface area contributed by atoms with Gasteiger partial charge in [0.2, 0.25) is 0 Å². The largest absolute Gasteiger partial charge is 0.465 e. The van der Waals surface area contributed by atoms with Crippen LogP contribution in [0.2, 0.25) is 5.02 Å². The molecule has 2 heterocycles. The molecule has 0 fully saturated rings. The fourth-order valence-corrected chi connectivity index (χ4v) is 4.61. The predicted molar refractivity (Wildman–Crippen MR) is 149 cm³/mol. The van der Waals surface area contributed by atoms with E-state index in [9.17, 15) is 9.59 Å². The summed E-state index contributed by atoms with van der Waals surface area (Å²) < 4.78 is 12.0. The Balaban J connectivity index is 1.32. The minimum absolute atomic E-state index is 0.421. The highest BCUT2D eigenvalue weighted by atomic mass is 35.5. The van der Waals surface area contributed by atoms with Gasteiger partial charge in [-0.3, -0.25) is 4.79 Å². The first kappa shape index (κ1) is 25.0. The number of benzene rings is 4. The van der Waals surface area contributed by atoms with Crippen molar-refractivity contribution in [1.82, 2.24) is 25.4 Å². The SMILES string of the molecule is COC(=O)c1ccc(-c2cc(Nc3noc4cc(-c5cc(Cl)ccc5-n5cnnn5)ccc34)ccc2C=O)cc1. The molecule has 0 unspecified atom stereocenters. The lowest BCUT2D eigenvalue weighted by Crippen LogP contribution is -2.00. The Morgan fingerprint density at radius 2 is 1.80 bits per heavy atom. The summed E-state index contributed by atoms with van der Waals surface area (Å²) in [5, 5.41) is 20.3. The van der Waals surface area contributed by atoms with Gasteiger partial charge >= 0.3 is 5.97 Å². The van der Waals surface area contributed by atoms with E-state index in [-0.39, 0.29) is 0 Å². The lowest BCUT2D eigenvalue weighted by Gasteiger charge is -2.11. The number of anilines is 2. The van der Waals surface area contributed by atoms with E-state index in [1.807, 2.05) is 36.4 Å². The topological polar surface area (TPSA) is 125 Å². The molecule has 0 saturated carbocycles. The molecule has 196 valence electrons. The van der Waals surface area contributed by atoms with E-state index in [0.717, 1.165) is 34.1 Å². The Labute approximate surface area is 232 Å². The van der Waals surface area contributed by atoms with Crippen molar-refractivity contribution >= 4 is 46.3 Å². The van der Waals surface area contributed by atoms with Crippen molar-refractivity contribution in [2.75, 3.05) is 12.4 Å². The van der Waals surface area contributed by atoms with Crippen LogP contribution in [0.1, 0.15) is 20.7 Å². The van der Waals surface area contributed by atoms with E-state index in [4.69, 9.17) is 20.9 Å². The summed E-state index contributed by atoms with van der Waals surface area (Å²) in [5.41, 5.74) is 6.08. The van der Waals surface area contributed by atoms with E-state index in [1.165, 1.54) is 13.4 Å². The maximum atomic E-state index is 11.8. The van der Waals surface area contributed by atoms with Crippen molar-refractivity contribution in [3.05, 3.63) is 101 Å². The van der Waals surface area contributed by atoms with Crippen LogP contribution < -0.4 is 5.32 Å². The fraction of sp³-hybridized carbons (Fsp3) is 0.0345. The van der Waals surface area contributed by atoms with Gasteiger partial charge in [0.05, 0.1) is 23.7 Å². The summed E-state index contributed by atoms with van der Waals surface area (Å²) >= 11 is 6.30. The number of halogens is 1. The van der Waals surface area contributed by atoms with Crippen LogP contribution in [0, 0.1) is 0 Å². The number of hydrogen-bond acceptors (Lipinski definition) is 9. The number of carbonyl (C=O) groups is 2. The molecular weight excluding hydrogens is 532 g/mol. The number of hydrogen-bond donors (Lipinski definition) is 1. The summed E-state index contributed by atoms with van der Waals surface area (Å²) in [4.78, 5) is 23.5. The molecular formula is C29H19ClN6O4. The standard InChI is InChI=1S/C29H19ClN6O4/c1-39-29(38)18-4-2-17(3-5-18)24-14-22(9-6-20(24)15-37)32-28-23-10-7-19(12-27(23)40-33-28)25-13-21(30)8-11-26(25)36-16-31-34-35-36/h2-16H,1H3,(H,32,33). The third-order valence-electron chi connectivity index (χ3n) is 6.40. The molecule has 0 radical (unpaired) electrons. The first-order chi connectivity index (χ1) is 19.5. The van der Waals surface area contributed by atoms with Gasteiger partial charge < -0.3 is 14.6 Å². The zero-order chi connectivity index (χ0) is 27.6. The second kappa shape index (κ2) is 10.4. The Morgan fingerprint density at radius 3 is 2.55 bits per heavy atom. The average Bonchev–Trinajstić information content (AvgIpc) is 3.67. The number of nitrogens with one attached hydrogen (secondary N) is 1. The number of carbonyl (C=O) groups excluding carboxylic acids is 2. The number of methoxy groups -OCH3 is 1. The molecule has 10 nitrogen and oxygen atoms in total. The van der Waals surface area contributed by atoms with Gasteiger partial charge in [0.15, 0.2) is 17.7 Å². The van der Waals surface area contributed by atoms with Crippen LogP contribution in [-0.4, -0.2) is 44.7 Å². The van der Waals surface area contributed by atoms with Gasteiger partial charge in [-0.15, -0.1) is 5.10 Å². The molecule has 0 bridgehead atoms. The third kappa shape index (κ3) is 4.67. The highest BCUT2D eigenvalue weighted by Crippen LogP contribution is 2.35. The summed E-state index contributed by atoms with van der Waals surface area (Å²) in [6, 6.07) is 23.4. The van der Waals surface area contributed by atoms with Crippen LogP contribution in [-0.2, 0) is 4.74 Å². The zero-order valence-corrected chi connectivity index (χ0v) is 21.7. The quantitative estimate of drug-likeness (QED) is 0.184. The van der Waals surface area contributed by atoms with E-state index < -0.39 is 5.97 Å². The normalized spacial score (nSPS) is 10.9. The van der Waals surface area contributed by atoms with Crippen LogP contribution in [0.3, 0.4) is 0 Å². The lowest BCUT2D eigenvalue weighted by atomic mass is 9.98. The zero-order valence-electron chi connectivity index (χ0n) is 20.9. The molecule has 0 spiro atoms. The van der Waals surface area contributed by atoms with Gasteiger partial charge in [-0.05, 0) is 87.8 Å². The summed E-state index contributed by atoms with van der Waals surface area (Å²) in [7, 11) is 1.33. The number of aldehydes is 1. The molecule has 40 heavy (non-hydrogen) atoms. The number of fused-ring (bicyclic) bond motifs is 1. The van der Waals surface area contributed by atoms with Gasteiger partial charge in [0.25, 0.3) is 0 Å². The van der Waals surface area contributed by atoms with Gasteiger partial charge in [-0.25, -0.2) is 4.79 Å². The van der Waals surface area contributed by atoms with Gasteiger partial charge in [0, 0.05) is 21.8 Å². The minimum Gasteiger partial charge on any atom is -0.465 e. The minimum atomic E-state index is -0.430. The van der Waals surface area contributed by atoms with Crippen molar-refractivity contribution in [2.24, 2.45) is 0 Å². The molecule has 0 amide bonds. The van der Waals surface area contributed by atoms with Crippen molar-refractivity contribution in [2.45, 2.75) is 0 Å². The Kier molecular flexibility index (Phi) is 6.51. The van der Waals surface area contributed by atoms with Crippen molar-refractivity contribution in [1.29, 1.82) is 0 Å². The number of ether oxygens (including phenoxy) is 1. The Hall–Kier alpha value is -5.35. The summed E-state index contributed by atoms with van der Waals surface area (Å²) in [6.45, 7) is 0. The molecule has 0 aliphatic rings. The van der Waals surface area contributed by atoms with E-state index in [0.29, 0.717) is 38.8 Å². The van der Waals surface area contributed by atoms with Crippen LogP contribution in [0.4, 0.5) is 11.5 Å². The second-order valence-electron chi connectivity index (χ2n) is 8.77. The molecule has 6 aromatic rings.